The van der Waals surface area contributed by atoms with Crippen LogP contribution in [0.1, 0.15) is 18.1 Å². The minimum Gasteiger partial charge on any atom is -0.449 e. The second kappa shape index (κ2) is 9.59. The first-order valence-corrected chi connectivity index (χ1v) is 8.62. The van der Waals surface area contributed by atoms with Gasteiger partial charge in [-0.2, -0.15) is 13.2 Å². The molecule has 8 heteroatoms. The molecule has 29 heavy (non-hydrogen) atoms. The van der Waals surface area contributed by atoms with E-state index < -0.39 is 17.8 Å². The van der Waals surface area contributed by atoms with Crippen LogP contribution < -0.4 is 10.6 Å². The zero-order chi connectivity index (χ0) is 21.4. The van der Waals surface area contributed by atoms with Gasteiger partial charge in [0.1, 0.15) is 0 Å². The Balaban J connectivity index is 2.27. The van der Waals surface area contributed by atoms with Crippen molar-refractivity contribution in [3.05, 3.63) is 84.6 Å². The fraction of sp³-hybridized carbons (Fsp3) is 0.143. The summed E-state index contributed by atoms with van der Waals surface area (Å²) in [5.74, 6) is -0.264. The molecule has 0 heterocycles. The Hall–Kier alpha value is -3.55. The summed E-state index contributed by atoms with van der Waals surface area (Å²) in [6, 6.07) is 13.3. The Labute approximate surface area is 166 Å². The lowest BCUT2D eigenvalue weighted by atomic mass is 10.1. The maximum atomic E-state index is 12.8. The Bertz CT molecular complexity index is 905. The zero-order valence-electron chi connectivity index (χ0n) is 15.7. The number of guanidine groups is 1. The summed E-state index contributed by atoms with van der Waals surface area (Å²) in [5, 5.41) is 0. The van der Waals surface area contributed by atoms with Crippen LogP contribution >= 0.6 is 0 Å². The van der Waals surface area contributed by atoms with Crippen LogP contribution in [0.25, 0.3) is 5.57 Å². The quantitative estimate of drug-likeness (QED) is 0.423. The molecule has 0 spiro atoms. The Morgan fingerprint density at radius 2 is 1.79 bits per heavy atom. The molecular formula is C21H20F3N3O2. The van der Waals surface area contributed by atoms with E-state index in [1.165, 1.54) is 6.20 Å². The second-order valence-electron chi connectivity index (χ2n) is 5.77. The highest BCUT2D eigenvalue weighted by Crippen LogP contribution is 2.30. The van der Waals surface area contributed by atoms with Crippen LogP contribution in [0.15, 0.2) is 78.4 Å². The topological polar surface area (TPSA) is 67.9 Å². The number of alkyl halides is 3. The van der Waals surface area contributed by atoms with Gasteiger partial charge in [0, 0.05) is 6.20 Å². The standard InChI is InChI=1S/C21H20F3N3O2/c1-3-29-20(28)27(18-11-9-17(10-12-18)21(22,23)24)19(25)26-14-13-15(2)16-7-5-4-6-8-16/h4-14H,2-3H2,1H3,(H2,25,26)/b14-13-. The van der Waals surface area contributed by atoms with Gasteiger partial charge in [-0.25, -0.2) is 14.7 Å². The lowest BCUT2D eigenvalue weighted by molar-refractivity contribution is -0.137. The molecule has 0 aromatic heterocycles. The number of anilines is 1. The lowest BCUT2D eigenvalue weighted by Crippen LogP contribution is -2.42. The highest BCUT2D eigenvalue weighted by atomic mass is 19.4. The number of aliphatic imine (C=N–C) groups is 1. The van der Waals surface area contributed by atoms with Crippen molar-refractivity contribution in [1.29, 1.82) is 0 Å². The molecule has 0 aliphatic heterocycles. The number of halogens is 3. The van der Waals surface area contributed by atoms with E-state index in [2.05, 4.69) is 11.6 Å². The molecule has 0 aliphatic carbocycles. The number of hydrogen-bond donors (Lipinski definition) is 1. The van der Waals surface area contributed by atoms with Gasteiger partial charge < -0.3 is 10.5 Å². The first-order chi connectivity index (χ1) is 13.7. The molecule has 5 nitrogen and oxygen atoms in total. The fourth-order valence-electron chi connectivity index (χ4n) is 2.33. The van der Waals surface area contributed by atoms with Gasteiger partial charge in [-0.05, 0) is 48.4 Å². The molecular weight excluding hydrogens is 383 g/mol. The number of allylic oxidation sites excluding steroid dienone is 2. The van der Waals surface area contributed by atoms with Crippen LogP contribution in [0.4, 0.5) is 23.7 Å². The van der Waals surface area contributed by atoms with E-state index in [0.717, 1.165) is 34.7 Å². The van der Waals surface area contributed by atoms with Crippen molar-refractivity contribution in [1.82, 2.24) is 0 Å². The predicted molar refractivity (Wildman–Crippen MR) is 107 cm³/mol. The van der Waals surface area contributed by atoms with E-state index in [1.54, 1.807) is 13.0 Å². The third-order valence-corrected chi connectivity index (χ3v) is 3.76. The van der Waals surface area contributed by atoms with Gasteiger partial charge in [0.15, 0.2) is 0 Å². The van der Waals surface area contributed by atoms with Crippen molar-refractivity contribution < 1.29 is 22.7 Å². The van der Waals surface area contributed by atoms with Crippen molar-refractivity contribution in [2.75, 3.05) is 11.5 Å². The molecule has 0 atom stereocenters. The van der Waals surface area contributed by atoms with E-state index in [1.807, 2.05) is 30.3 Å². The van der Waals surface area contributed by atoms with Gasteiger partial charge in [-0.15, -0.1) is 0 Å². The number of benzene rings is 2. The SMILES string of the molecule is C=C(/C=C\N=C(/N)N(C(=O)OCC)c1ccc(C(F)(F)F)cc1)c1ccccc1. The van der Waals surface area contributed by atoms with Gasteiger partial charge >= 0.3 is 12.3 Å². The van der Waals surface area contributed by atoms with Crippen LogP contribution in [0.2, 0.25) is 0 Å². The Kier molecular flexibility index (Phi) is 7.19. The molecule has 0 saturated heterocycles. The minimum absolute atomic E-state index is 0.0594. The van der Waals surface area contributed by atoms with Gasteiger partial charge in [-0.1, -0.05) is 36.9 Å². The average Bonchev–Trinajstić information content (AvgIpc) is 2.68. The molecule has 0 bridgehead atoms. The van der Waals surface area contributed by atoms with E-state index in [0.29, 0.717) is 5.57 Å². The normalized spacial score (nSPS) is 12.1. The third-order valence-electron chi connectivity index (χ3n) is 3.76. The van der Waals surface area contributed by atoms with Gasteiger partial charge in [0.25, 0.3) is 0 Å². The summed E-state index contributed by atoms with van der Waals surface area (Å²) < 4.78 is 43.2. The molecule has 0 saturated carbocycles. The van der Waals surface area contributed by atoms with Gasteiger partial charge in [0.2, 0.25) is 5.96 Å². The van der Waals surface area contributed by atoms with Crippen LogP contribution in [0.5, 0.6) is 0 Å². The fourth-order valence-corrected chi connectivity index (χ4v) is 2.33. The summed E-state index contributed by atoms with van der Waals surface area (Å²) in [6.07, 6.45) is -2.41. The summed E-state index contributed by atoms with van der Waals surface area (Å²) in [6.45, 7) is 5.57. The minimum atomic E-state index is -4.49. The molecule has 0 fully saturated rings. The van der Waals surface area contributed by atoms with Crippen molar-refractivity contribution >= 4 is 23.3 Å². The molecule has 1 amide bonds. The van der Waals surface area contributed by atoms with Crippen LogP contribution in [-0.4, -0.2) is 18.7 Å². The molecule has 2 rings (SSSR count). The van der Waals surface area contributed by atoms with Crippen molar-refractivity contribution in [3.63, 3.8) is 0 Å². The lowest BCUT2D eigenvalue weighted by Gasteiger charge is -2.21. The number of amides is 1. The number of carbonyl (C=O) groups is 1. The van der Waals surface area contributed by atoms with Crippen molar-refractivity contribution in [2.45, 2.75) is 13.1 Å². The van der Waals surface area contributed by atoms with Crippen LogP contribution in [0, 0.1) is 0 Å². The number of hydrogen-bond acceptors (Lipinski definition) is 3. The number of rotatable bonds is 5. The highest BCUT2D eigenvalue weighted by molar-refractivity contribution is 6.13. The van der Waals surface area contributed by atoms with E-state index in [4.69, 9.17) is 10.5 Å². The number of ether oxygens (including phenoxy) is 1. The second-order valence-corrected chi connectivity index (χ2v) is 5.77. The summed E-state index contributed by atoms with van der Waals surface area (Å²) >= 11 is 0. The van der Waals surface area contributed by atoms with Crippen LogP contribution in [0.3, 0.4) is 0 Å². The Morgan fingerprint density at radius 1 is 1.17 bits per heavy atom. The number of nitrogens with zero attached hydrogens (tertiary/aromatic N) is 2. The van der Waals surface area contributed by atoms with E-state index in [9.17, 15) is 18.0 Å². The molecule has 2 aromatic carbocycles. The molecule has 0 radical (unpaired) electrons. The average molecular weight is 403 g/mol. The maximum absolute atomic E-state index is 12.8. The smallest absolute Gasteiger partial charge is 0.421 e. The Morgan fingerprint density at radius 3 is 2.34 bits per heavy atom. The zero-order valence-corrected chi connectivity index (χ0v) is 15.7. The van der Waals surface area contributed by atoms with Crippen molar-refractivity contribution in [2.24, 2.45) is 10.7 Å². The number of nitrogens with two attached hydrogens (primary N) is 1. The third kappa shape index (κ3) is 5.97. The first-order valence-electron chi connectivity index (χ1n) is 8.62. The molecule has 0 unspecified atom stereocenters. The molecule has 2 aromatic rings. The summed E-state index contributed by atoms with van der Waals surface area (Å²) in [4.78, 5) is 17.1. The van der Waals surface area contributed by atoms with Crippen LogP contribution in [-0.2, 0) is 10.9 Å². The number of carbonyl (C=O) groups excluding carboxylic acids is 1. The molecule has 2 N–H and O–H groups in total. The first kappa shape index (κ1) is 21.7. The van der Waals surface area contributed by atoms with Crippen molar-refractivity contribution in [3.8, 4) is 0 Å². The van der Waals surface area contributed by atoms with Gasteiger partial charge in [-0.3, -0.25) is 0 Å². The monoisotopic (exact) mass is 403 g/mol. The van der Waals surface area contributed by atoms with Gasteiger partial charge in [0.05, 0.1) is 17.9 Å². The highest BCUT2D eigenvalue weighted by Gasteiger charge is 2.31. The summed E-state index contributed by atoms with van der Waals surface area (Å²) in [5.41, 5.74) is 6.69. The summed E-state index contributed by atoms with van der Waals surface area (Å²) in [7, 11) is 0. The maximum Gasteiger partial charge on any atom is 0.421 e. The van der Waals surface area contributed by atoms with E-state index in [-0.39, 0.29) is 18.3 Å². The van der Waals surface area contributed by atoms with E-state index >= 15 is 0 Å². The molecule has 0 aliphatic rings. The largest absolute Gasteiger partial charge is 0.449 e. The molecule has 152 valence electrons. The predicted octanol–water partition coefficient (Wildman–Crippen LogP) is 5.21.